The van der Waals surface area contributed by atoms with Crippen molar-refractivity contribution in [2.75, 3.05) is 6.54 Å². The van der Waals surface area contributed by atoms with Crippen molar-refractivity contribution < 1.29 is 0 Å². The third kappa shape index (κ3) is 2.51. The molecule has 0 aliphatic heterocycles. The molecule has 0 aromatic rings. The zero-order valence-electron chi connectivity index (χ0n) is 7.29. The molecule has 1 nitrogen and oxygen atoms in total. The molecule has 1 rings (SSSR count). The summed E-state index contributed by atoms with van der Waals surface area (Å²) in [5.74, 6) is 0. The lowest BCUT2D eigenvalue weighted by Crippen LogP contribution is -1.93. The Morgan fingerprint density at radius 1 is 1.58 bits per heavy atom. The fraction of sp³-hybridized carbons (Fsp3) is 0.273. The normalized spacial score (nSPS) is 16.6. The van der Waals surface area contributed by atoms with Gasteiger partial charge in [0.1, 0.15) is 0 Å². The molecule has 1 aliphatic rings. The maximum Gasteiger partial charge on any atom is 0.0110 e. The molecular formula is C11H15N. The summed E-state index contributed by atoms with van der Waals surface area (Å²) >= 11 is 0. The second kappa shape index (κ2) is 4.73. The number of hydrogen-bond acceptors (Lipinski definition) is 1. The first-order valence-corrected chi connectivity index (χ1v) is 4.27. The summed E-state index contributed by atoms with van der Waals surface area (Å²) in [5, 5.41) is 0. The van der Waals surface area contributed by atoms with Gasteiger partial charge in [0.2, 0.25) is 0 Å². The standard InChI is InChI=1S/C11H15N/c1-10(6-5-9-12)11-7-3-2-4-8-11/h3,5-8H,1-2,4,9,12H2/b6-5-. The van der Waals surface area contributed by atoms with Crippen molar-refractivity contribution in [3.05, 3.63) is 48.1 Å². The second-order valence-corrected chi connectivity index (χ2v) is 2.80. The van der Waals surface area contributed by atoms with E-state index in [1.165, 1.54) is 5.57 Å². The minimum atomic E-state index is 0.579. The van der Waals surface area contributed by atoms with E-state index in [1.54, 1.807) is 0 Å². The smallest absolute Gasteiger partial charge is 0.0110 e. The fourth-order valence-corrected chi connectivity index (χ4v) is 1.16. The maximum atomic E-state index is 5.34. The molecular weight excluding hydrogens is 146 g/mol. The molecule has 0 radical (unpaired) electrons. The van der Waals surface area contributed by atoms with Crippen LogP contribution in [0.5, 0.6) is 0 Å². The Kier molecular flexibility index (Phi) is 3.55. The Balaban J connectivity index is 2.58. The summed E-state index contributed by atoms with van der Waals surface area (Å²) in [6.45, 7) is 4.53. The van der Waals surface area contributed by atoms with Crippen LogP contribution in [0, 0.1) is 0 Å². The van der Waals surface area contributed by atoms with Gasteiger partial charge in [-0.25, -0.2) is 0 Å². The second-order valence-electron chi connectivity index (χ2n) is 2.80. The quantitative estimate of drug-likeness (QED) is 0.632. The summed E-state index contributed by atoms with van der Waals surface area (Å²) in [4.78, 5) is 0. The number of hydrogen-bond donors (Lipinski definition) is 1. The van der Waals surface area contributed by atoms with Crippen molar-refractivity contribution in [3.63, 3.8) is 0 Å². The topological polar surface area (TPSA) is 26.0 Å². The summed E-state index contributed by atoms with van der Waals surface area (Å²) in [6, 6.07) is 0. The van der Waals surface area contributed by atoms with Crippen molar-refractivity contribution in [2.45, 2.75) is 12.8 Å². The first kappa shape index (κ1) is 9.01. The van der Waals surface area contributed by atoms with E-state index in [9.17, 15) is 0 Å². The van der Waals surface area contributed by atoms with Gasteiger partial charge in [-0.05, 0) is 24.0 Å². The summed E-state index contributed by atoms with van der Waals surface area (Å²) in [6.07, 6.45) is 12.7. The maximum absolute atomic E-state index is 5.34. The lowest BCUT2D eigenvalue weighted by Gasteiger charge is -2.05. The number of allylic oxidation sites excluding steroid dienone is 6. The van der Waals surface area contributed by atoms with Crippen molar-refractivity contribution >= 4 is 0 Å². The Morgan fingerprint density at radius 2 is 2.42 bits per heavy atom. The molecule has 0 bridgehead atoms. The SMILES string of the molecule is C=C(/C=C\CN)C1=CCCC=C1. The molecule has 0 aromatic carbocycles. The van der Waals surface area contributed by atoms with E-state index in [2.05, 4.69) is 24.8 Å². The van der Waals surface area contributed by atoms with Gasteiger partial charge in [-0.2, -0.15) is 0 Å². The summed E-state index contributed by atoms with van der Waals surface area (Å²) in [5.41, 5.74) is 7.62. The minimum Gasteiger partial charge on any atom is -0.327 e. The third-order valence-corrected chi connectivity index (χ3v) is 1.82. The van der Waals surface area contributed by atoms with E-state index < -0.39 is 0 Å². The third-order valence-electron chi connectivity index (χ3n) is 1.82. The highest BCUT2D eigenvalue weighted by atomic mass is 14.5. The predicted octanol–water partition coefficient (Wildman–Crippen LogP) is 2.33. The average Bonchev–Trinajstić information content (AvgIpc) is 2.15. The molecule has 2 N–H and O–H groups in total. The molecule has 64 valence electrons. The largest absolute Gasteiger partial charge is 0.327 e. The van der Waals surface area contributed by atoms with Crippen LogP contribution >= 0.6 is 0 Å². The molecule has 0 atom stereocenters. The summed E-state index contributed by atoms with van der Waals surface area (Å²) < 4.78 is 0. The molecule has 0 heterocycles. The van der Waals surface area contributed by atoms with Gasteiger partial charge in [-0.3, -0.25) is 0 Å². The molecule has 0 aromatic heterocycles. The molecule has 0 unspecified atom stereocenters. The van der Waals surface area contributed by atoms with Gasteiger partial charge in [0.15, 0.2) is 0 Å². The summed E-state index contributed by atoms with van der Waals surface area (Å²) in [7, 11) is 0. The lowest BCUT2D eigenvalue weighted by molar-refractivity contribution is 1.02. The molecule has 0 fully saturated rings. The highest BCUT2D eigenvalue weighted by molar-refractivity contribution is 5.45. The molecule has 0 saturated carbocycles. The Bertz CT molecular complexity index is 244. The van der Waals surface area contributed by atoms with Gasteiger partial charge in [0.05, 0.1) is 0 Å². The Morgan fingerprint density at radius 3 is 3.00 bits per heavy atom. The monoisotopic (exact) mass is 161 g/mol. The van der Waals surface area contributed by atoms with Gasteiger partial charge in [0, 0.05) is 6.54 Å². The van der Waals surface area contributed by atoms with Gasteiger partial charge < -0.3 is 5.73 Å². The zero-order valence-corrected chi connectivity index (χ0v) is 7.29. The molecule has 12 heavy (non-hydrogen) atoms. The molecule has 0 saturated heterocycles. The van der Waals surface area contributed by atoms with Crippen LogP contribution in [0.4, 0.5) is 0 Å². The van der Waals surface area contributed by atoms with Crippen LogP contribution < -0.4 is 5.73 Å². The fourth-order valence-electron chi connectivity index (χ4n) is 1.16. The van der Waals surface area contributed by atoms with E-state index >= 15 is 0 Å². The van der Waals surface area contributed by atoms with Crippen LogP contribution in [-0.2, 0) is 0 Å². The predicted molar refractivity (Wildman–Crippen MR) is 53.8 cm³/mol. The number of rotatable bonds is 3. The van der Waals surface area contributed by atoms with Crippen LogP contribution in [0.3, 0.4) is 0 Å². The van der Waals surface area contributed by atoms with Crippen LogP contribution in [0.25, 0.3) is 0 Å². The van der Waals surface area contributed by atoms with Gasteiger partial charge in [-0.1, -0.05) is 37.0 Å². The van der Waals surface area contributed by atoms with Crippen LogP contribution in [0.15, 0.2) is 48.1 Å². The zero-order chi connectivity index (χ0) is 8.81. The Labute approximate surface area is 74.0 Å². The first-order chi connectivity index (χ1) is 5.84. The molecule has 0 amide bonds. The van der Waals surface area contributed by atoms with Gasteiger partial charge in [0.25, 0.3) is 0 Å². The van der Waals surface area contributed by atoms with Crippen LogP contribution in [-0.4, -0.2) is 6.54 Å². The van der Waals surface area contributed by atoms with Crippen molar-refractivity contribution in [2.24, 2.45) is 5.73 Å². The van der Waals surface area contributed by atoms with Gasteiger partial charge >= 0.3 is 0 Å². The Hall–Kier alpha value is -1.08. The molecule has 1 heteroatoms. The van der Waals surface area contributed by atoms with E-state index in [4.69, 9.17) is 5.73 Å². The van der Waals surface area contributed by atoms with E-state index in [0.29, 0.717) is 6.54 Å². The van der Waals surface area contributed by atoms with Crippen molar-refractivity contribution in [3.8, 4) is 0 Å². The average molecular weight is 161 g/mol. The van der Waals surface area contributed by atoms with Crippen molar-refractivity contribution in [1.82, 2.24) is 0 Å². The van der Waals surface area contributed by atoms with Gasteiger partial charge in [-0.15, -0.1) is 0 Å². The highest BCUT2D eigenvalue weighted by Crippen LogP contribution is 2.17. The number of nitrogens with two attached hydrogens (primary N) is 1. The first-order valence-electron chi connectivity index (χ1n) is 4.27. The highest BCUT2D eigenvalue weighted by Gasteiger charge is 1.97. The minimum absolute atomic E-state index is 0.579. The van der Waals surface area contributed by atoms with E-state index in [-0.39, 0.29) is 0 Å². The van der Waals surface area contributed by atoms with Crippen molar-refractivity contribution in [1.29, 1.82) is 0 Å². The lowest BCUT2D eigenvalue weighted by atomic mass is 10.0. The van der Waals surface area contributed by atoms with E-state index in [1.807, 2.05) is 12.2 Å². The molecule has 0 spiro atoms. The molecule has 1 aliphatic carbocycles. The van der Waals surface area contributed by atoms with Crippen LogP contribution in [0.2, 0.25) is 0 Å². The van der Waals surface area contributed by atoms with E-state index in [0.717, 1.165) is 18.4 Å². The van der Waals surface area contributed by atoms with Crippen LogP contribution in [0.1, 0.15) is 12.8 Å².